The number of hydrogen-bond donors (Lipinski definition) is 1. The van der Waals surface area contributed by atoms with Crippen LogP contribution >= 0.6 is 0 Å². The van der Waals surface area contributed by atoms with Gasteiger partial charge in [-0.15, -0.1) is 0 Å². The molecule has 0 aromatic heterocycles. The first-order valence-electron chi connectivity index (χ1n) is 6.88. The molecule has 2 fully saturated rings. The Morgan fingerprint density at radius 1 is 1.12 bits per heavy atom. The monoisotopic (exact) mass is 225 g/mol. The van der Waals surface area contributed by atoms with Gasteiger partial charge >= 0.3 is 0 Å². The van der Waals surface area contributed by atoms with Crippen molar-refractivity contribution in [2.75, 3.05) is 46.3 Å². The second kappa shape index (κ2) is 5.99. The molecular formula is C13H27N3. The molecule has 1 heterocycles. The van der Waals surface area contributed by atoms with Crippen LogP contribution in [-0.4, -0.2) is 62.2 Å². The minimum atomic E-state index is 0.836. The lowest BCUT2D eigenvalue weighted by molar-refractivity contribution is 0.151. The van der Waals surface area contributed by atoms with Crippen LogP contribution in [0.1, 0.15) is 26.2 Å². The Morgan fingerprint density at radius 3 is 2.44 bits per heavy atom. The van der Waals surface area contributed by atoms with Crippen molar-refractivity contribution in [3.63, 3.8) is 0 Å². The number of nitrogens with zero attached hydrogens (tertiary/aromatic N) is 2. The summed E-state index contributed by atoms with van der Waals surface area (Å²) in [6, 6.07) is 0.836. The van der Waals surface area contributed by atoms with Gasteiger partial charge in [0.25, 0.3) is 0 Å². The van der Waals surface area contributed by atoms with Crippen molar-refractivity contribution in [2.24, 2.45) is 5.92 Å². The van der Waals surface area contributed by atoms with Gasteiger partial charge in [0.1, 0.15) is 0 Å². The van der Waals surface area contributed by atoms with Crippen molar-refractivity contribution in [1.29, 1.82) is 0 Å². The van der Waals surface area contributed by atoms with Crippen molar-refractivity contribution in [3.05, 3.63) is 0 Å². The number of likely N-dealkylation sites (N-methyl/N-ethyl adjacent to an activating group) is 1. The molecule has 3 nitrogen and oxygen atoms in total. The highest BCUT2D eigenvalue weighted by atomic mass is 15.2. The molecule has 1 aliphatic carbocycles. The normalized spacial score (nSPS) is 32.6. The number of nitrogens with one attached hydrogen (secondary N) is 1. The van der Waals surface area contributed by atoms with E-state index < -0.39 is 0 Å². The number of hydrogen-bond acceptors (Lipinski definition) is 3. The fraction of sp³-hybridized carbons (Fsp3) is 1.00. The van der Waals surface area contributed by atoms with Crippen LogP contribution in [0, 0.1) is 5.92 Å². The van der Waals surface area contributed by atoms with Crippen LogP contribution in [0.2, 0.25) is 0 Å². The summed E-state index contributed by atoms with van der Waals surface area (Å²) in [6.07, 6.45) is 4.11. The molecule has 0 aromatic carbocycles. The molecule has 0 unspecified atom stereocenters. The summed E-state index contributed by atoms with van der Waals surface area (Å²) >= 11 is 0. The Morgan fingerprint density at radius 2 is 1.81 bits per heavy atom. The molecular weight excluding hydrogens is 198 g/mol. The summed E-state index contributed by atoms with van der Waals surface area (Å²) in [5.74, 6) is 0.968. The van der Waals surface area contributed by atoms with Crippen molar-refractivity contribution >= 4 is 0 Å². The first-order chi connectivity index (χ1) is 7.74. The number of piperazine rings is 1. The summed E-state index contributed by atoms with van der Waals surface area (Å²) in [6.45, 7) is 9.85. The van der Waals surface area contributed by atoms with Crippen molar-refractivity contribution in [1.82, 2.24) is 15.1 Å². The molecule has 0 radical (unpaired) electrons. The minimum absolute atomic E-state index is 0.836. The highest BCUT2D eigenvalue weighted by Gasteiger charge is 2.24. The average Bonchev–Trinajstić information content (AvgIpc) is 2.24. The molecule has 0 aromatic rings. The average molecular weight is 225 g/mol. The Hall–Kier alpha value is -0.120. The molecule has 0 amide bonds. The lowest BCUT2D eigenvalue weighted by atomic mass is 9.82. The maximum Gasteiger partial charge on any atom is 0.0110 e. The van der Waals surface area contributed by atoms with Gasteiger partial charge < -0.3 is 15.1 Å². The van der Waals surface area contributed by atoms with E-state index in [1.165, 1.54) is 58.5 Å². The molecule has 16 heavy (non-hydrogen) atoms. The third-order valence-corrected chi connectivity index (χ3v) is 4.05. The van der Waals surface area contributed by atoms with E-state index in [2.05, 4.69) is 29.1 Å². The van der Waals surface area contributed by atoms with Crippen LogP contribution in [0.25, 0.3) is 0 Å². The molecule has 1 saturated carbocycles. The lowest BCUT2D eigenvalue weighted by Gasteiger charge is -2.34. The van der Waals surface area contributed by atoms with Crippen LogP contribution in [0.4, 0.5) is 0 Å². The van der Waals surface area contributed by atoms with Gasteiger partial charge in [0.2, 0.25) is 0 Å². The maximum absolute atomic E-state index is 3.66. The van der Waals surface area contributed by atoms with E-state index in [-0.39, 0.29) is 0 Å². The highest BCUT2D eigenvalue weighted by Crippen LogP contribution is 2.25. The van der Waals surface area contributed by atoms with E-state index in [4.69, 9.17) is 0 Å². The van der Waals surface area contributed by atoms with Crippen LogP contribution < -0.4 is 5.32 Å². The van der Waals surface area contributed by atoms with Crippen LogP contribution in [-0.2, 0) is 0 Å². The Labute approximate surface area is 100 Å². The summed E-state index contributed by atoms with van der Waals surface area (Å²) in [7, 11) is 2.22. The fourth-order valence-corrected chi connectivity index (χ4v) is 2.75. The SMILES string of the molecule is CC1CC(NCCCN2CCN(C)CC2)C1. The van der Waals surface area contributed by atoms with Crippen LogP contribution in [0.3, 0.4) is 0 Å². The van der Waals surface area contributed by atoms with Gasteiger partial charge in [-0.2, -0.15) is 0 Å². The first kappa shape index (κ1) is 12.3. The standard InChI is InChI=1S/C13H27N3/c1-12-10-13(11-12)14-4-3-5-16-8-6-15(2)7-9-16/h12-14H,3-11H2,1-2H3. The summed E-state index contributed by atoms with van der Waals surface area (Å²) < 4.78 is 0. The fourth-order valence-electron chi connectivity index (χ4n) is 2.75. The van der Waals surface area contributed by atoms with Gasteiger partial charge in [-0.05, 0) is 45.3 Å². The summed E-state index contributed by atoms with van der Waals surface area (Å²) in [5.41, 5.74) is 0. The molecule has 0 bridgehead atoms. The Balaban J connectivity index is 1.45. The zero-order valence-corrected chi connectivity index (χ0v) is 10.9. The van der Waals surface area contributed by atoms with E-state index in [0.717, 1.165) is 12.0 Å². The zero-order chi connectivity index (χ0) is 11.4. The first-order valence-corrected chi connectivity index (χ1v) is 6.88. The predicted molar refractivity (Wildman–Crippen MR) is 68.7 cm³/mol. The van der Waals surface area contributed by atoms with Crippen LogP contribution in [0.5, 0.6) is 0 Å². The minimum Gasteiger partial charge on any atom is -0.314 e. The summed E-state index contributed by atoms with van der Waals surface area (Å²) in [4.78, 5) is 5.02. The topological polar surface area (TPSA) is 18.5 Å². The summed E-state index contributed by atoms with van der Waals surface area (Å²) in [5, 5.41) is 3.66. The predicted octanol–water partition coefficient (Wildman–Crippen LogP) is 1.01. The van der Waals surface area contributed by atoms with Gasteiger partial charge in [0.05, 0.1) is 0 Å². The molecule has 0 spiro atoms. The van der Waals surface area contributed by atoms with E-state index in [1.807, 2.05) is 0 Å². The van der Waals surface area contributed by atoms with E-state index in [0.29, 0.717) is 0 Å². The van der Waals surface area contributed by atoms with Gasteiger partial charge in [-0.25, -0.2) is 0 Å². The molecule has 2 rings (SSSR count). The second-order valence-corrected chi connectivity index (χ2v) is 5.73. The van der Waals surface area contributed by atoms with E-state index in [1.54, 1.807) is 0 Å². The quantitative estimate of drug-likeness (QED) is 0.705. The number of rotatable bonds is 5. The molecule has 94 valence electrons. The van der Waals surface area contributed by atoms with E-state index >= 15 is 0 Å². The molecule has 1 aliphatic heterocycles. The van der Waals surface area contributed by atoms with Crippen LogP contribution in [0.15, 0.2) is 0 Å². The molecule has 2 aliphatic rings. The largest absolute Gasteiger partial charge is 0.314 e. The maximum atomic E-state index is 3.66. The highest BCUT2D eigenvalue weighted by molar-refractivity contribution is 4.82. The van der Waals surface area contributed by atoms with Gasteiger partial charge in [0, 0.05) is 32.2 Å². The molecule has 0 atom stereocenters. The van der Waals surface area contributed by atoms with E-state index in [9.17, 15) is 0 Å². The third-order valence-electron chi connectivity index (χ3n) is 4.05. The van der Waals surface area contributed by atoms with Crippen molar-refractivity contribution in [3.8, 4) is 0 Å². The Bertz CT molecular complexity index is 193. The zero-order valence-electron chi connectivity index (χ0n) is 10.9. The lowest BCUT2D eigenvalue weighted by Crippen LogP contribution is -2.45. The van der Waals surface area contributed by atoms with Gasteiger partial charge in [0.15, 0.2) is 0 Å². The second-order valence-electron chi connectivity index (χ2n) is 5.73. The van der Waals surface area contributed by atoms with Crippen molar-refractivity contribution in [2.45, 2.75) is 32.2 Å². The van der Waals surface area contributed by atoms with Gasteiger partial charge in [-0.1, -0.05) is 6.92 Å². The third kappa shape index (κ3) is 3.72. The van der Waals surface area contributed by atoms with Crippen molar-refractivity contribution < 1.29 is 0 Å². The smallest absolute Gasteiger partial charge is 0.0110 e. The van der Waals surface area contributed by atoms with Gasteiger partial charge in [-0.3, -0.25) is 0 Å². The molecule has 1 N–H and O–H groups in total. The molecule has 3 heteroatoms. The Kier molecular flexibility index (Phi) is 4.62. The molecule has 1 saturated heterocycles.